The van der Waals surface area contributed by atoms with Crippen LogP contribution in [0.1, 0.15) is 11.1 Å². The standard InChI is InChI=1S/C23H21NO5S/c1-17-3-13-23(14-4-17)30(26,27)29-24-20-9-5-18(6-10-20)15-21(25)16-19-7-11-22(28-2)12-8-19/h3-15H,16H2,1-2H3. The van der Waals surface area contributed by atoms with E-state index in [1.54, 1.807) is 43.5 Å². The molecule has 0 fully saturated rings. The van der Waals surface area contributed by atoms with Crippen LogP contribution < -0.4 is 4.74 Å². The van der Waals surface area contributed by atoms with Gasteiger partial charge in [-0.25, -0.2) is 0 Å². The first-order chi connectivity index (χ1) is 14.4. The van der Waals surface area contributed by atoms with Gasteiger partial charge in [0, 0.05) is 6.42 Å². The predicted molar refractivity (Wildman–Crippen MR) is 115 cm³/mol. The second-order valence-electron chi connectivity index (χ2n) is 6.66. The van der Waals surface area contributed by atoms with Crippen molar-refractivity contribution in [1.82, 2.24) is 0 Å². The van der Waals surface area contributed by atoms with E-state index in [1.807, 2.05) is 31.2 Å². The van der Waals surface area contributed by atoms with E-state index in [0.29, 0.717) is 11.3 Å². The first kappa shape index (κ1) is 21.3. The first-order valence-corrected chi connectivity index (χ1v) is 10.6. The monoisotopic (exact) mass is 423 g/mol. The fraction of sp³-hybridized carbons (Fsp3) is 0.130. The van der Waals surface area contributed by atoms with E-state index in [0.717, 1.165) is 16.9 Å². The van der Waals surface area contributed by atoms with Gasteiger partial charge in [-0.15, -0.1) is 0 Å². The third kappa shape index (κ3) is 5.78. The van der Waals surface area contributed by atoms with Crippen molar-refractivity contribution in [2.75, 3.05) is 7.11 Å². The Morgan fingerprint density at radius 3 is 2.20 bits per heavy atom. The molecule has 6 nitrogen and oxygen atoms in total. The van der Waals surface area contributed by atoms with Gasteiger partial charge in [-0.3, -0.25) is 9.08 Å². The summed E-state index contributed by atoms with van der Waals surface area (Å²) in [6.07, 6.45) is 8.31. The van der Waals surface area contributed by atoms with Crippen LogP contribution in [0, 0.1) is 6.92 Å². The Balaban J connectivity index is 1.60. The summed E-state index contributed by atoms with van der Waals surface area (Å²) in [5, 5.41) is 3.68. The first-order valence-electron chi connectivity index (χ1n) is 9.18. The van der Waals surface area contributed by atoms with Crippen LogP contribution in [-0.2, 0) is 25.6 Å². The molecule has 0 N–H and O–H groups in total. The number of carbonyl (C=O) groups excluding carboxylic acids is 1. The molecule has 3 rings (SSSR count). The van der Waals surface area contributed by atoms with Gasteiger partial charge < -0.3 is 4.74 Å². The molecule has 0 atom stereocenters. The SMILES string of the molecule is COc1ccc(CC(=O)C=C2C=CC(=NOS(=O)(=O)c3ccc(C)cc3)C=C2)cc1. The smallest absolute Gasteiger partial charge is 0.358 e. The highest BCUT2D eigenvalue weighted by Crippen LogP contribution is 2.16. The zero-order chi connectivity index (χ0) is 21.6. The molecule has 0 heterocycles. The number of rotatable bonds is 7. The lowest BCUT2D eigenvalue weighted by Crippen LogP contribution is -2.05. The maximum absolute atomic E-state index is 12.2. The summed E-state index contributed by atoms with van der Waals surface area (Å²) >= 11 is 0. The summed E-state index contributed by atoms with van der Waals surface area (Å²) in [5.74, 6) is 0.684. The van der Waals surface area contributed by atoms with Gasteiger partial charge in [0.05, 0.1) is 7.11 Å². The van der Waals surface area contributed by atoms with E-state index in [1.165, 1.54) is 18.2 Å². The molecule has 0 radical (unpaired) electrons. The third-order valence-electron chi connectivity index (χ3n) is 4.31. The fourth-order valence-electron chi connectivity index (χ4n) is 2.65. The number of carbonyl (C=O) groups is 1. The molecule has 154 valence electrons. The lowest BCUT2D eigenvalue weighted by Gasteiger charge is -2.05. The van der Waals surface area contributed by atoms with Crippen LogP contribution in [0.2, 0.25) is 0 Å². The van der Waals surface area contributed by atoms with Crippen molar-refractivity contribution in [3.05, 3.63) is 95.6 Å². The number of ketones is 1. The van der Waals surface area contributed by atoms with Crippen molar-refractivity contribution in [1.29, 1.82) is 0 Å². The van der Waals surface area contributed by atoms with E-state index in [9.17, 15) is 13.2 Å². The normalized spacial score (nSPS) is 13.1. The molecular formula is C23H21NO5S. The molecule has 1 aliphatic carbocycles. The topological polar surface area (TPSA) is 82.0 Å². The third-order valence-corrected chi connectivity index (χ3v) is 5.43. The van der Waals surface area contributed by atoms with Crippen LogP contribution in [0.5, 0.6) is 5.75 Å². The molecule has 0 saturated carbocycles. The van der Waals surface area contributed by atoms with Crippen LogP contribution in [0.4, 0.5) is 0 Å². The van der Waals surface area contributed by atoms with E-state index >= 15 is 0 Å². The molecule has 30 heavy (non-hydrogen) atoms. The summed E-state index contributed by atoms with van der Waals surface area (Å²) < 4.78 is 34.2. The van der Waals surface area contributed by atoms with Gasteiger partial charge in [-0.1, -0.05) is 47.1 Å². The summed E-state index contributed by atoms with van der Waals surface area (Å²) in [5.41, 5.74) is 2.84. The van der Waals surface area contributed by atoms with Crippen molar-refractivity contribution in [2.45, 2.75) is 18.2 Å². The molecule has 0 aliphatic heterocycles. The van der Waals surface area contributed by atoms with Gasteiger partial charge in [0.1, 0.15) is 16.4 Å². The summed E-state index contributed by atoms with van der Waals surface area (Å²) in [6, 6.07) is 13.6. The number of methoxy groups -OCH3 is 1. The number of ether oxygens (including phenoxy) is 1. The molecule has 0 saturated heterocycles. The number of oxime groups is 1. The Labute approximate surface area is 176 Å². The molecule has 0 unspecified atom stereocenters. The van der Waals surface area contributed by atoms with Gasteiger partial charge in [-0.2, -0.15) is 8.42 Å². The highest BCUT2D eigenvalue weighted by Gasteiger charge is 2.15. The second kappa shape index (κ2) is 9.37. The Bertz CT molecular complexity index is 1120. The van der Waals surface area contributed by atoms with Crippen molar-refractivity contribution >= 4 is 21.6 Å². The Morgan fingerprint density at radius 2 is 1.60 bits per heavy atom. The number of allylic oxidation sites excluding steroid dienone is 6. The number of hydrogen-bond donors (Lipinski definition) is 0. The fourth-order valence-corrected chi connectivity index (χ4v) is 3.39. The largest absolute Gasteiger partial charge is 0.497 e. The zero-order valence-electron chi connectivity index (χ0n) is 16.6. The number of nitrogens with zero attached hydrogens (tertiary/aromatic N) is 1. The van der Waals surface area contributed by atoms with E-state index in [2.05, 4.69) is 5.16 Å². The number of aryl methyl sites for hydroxylation is 1. The summed E-state index contributed by atoms with van der Waals surface area (Å²) in [6.45, 7) is 1.86. The quantitative estimate of drug-likeness (QED) is 0.498. The van der Waals surface area contributed by atoms with Gasteiger partial charge in [0.25, 0.3) is 0 Å². The Hall–Kier alpha value is -3.45. The van der Waals surface area contributed by atoms with Crippen LogP contribution in [0.25, 0.3) is 0 Å². The van der Waals surface area contributed by atoms with Gasteiger partial charge in [0.15, 0.2) is 5.78 Å². The minimum absolute atomic E-state index is 0.0333. The number of benzene rings is 2. The van der Waals surface area contributed by atoms with Crippen molar-refractivity contribution in [2.24, 2.45) is 5.16 Å². The lowest BCUT2D eigenvalue weighted by molar-refractivity contribution is -0.114. The lowest BCUT2D eigenvalue weighted by atomic mass is 10.0. The average molecular weight is 423 g/mol. The highest BCUT2D eigenvalue weighted by atomic mass is 32.2. The molecular weight excluding hydrogens is 402 g/mol. The van der Waals surface area contributed by atoms with Crippen LogP contribution in [-0.4, -0.2) is 27.0 Å². The average Bonchev–Trinajstić information content (AvgIpc) is 2.74. The maximum Gasteiger partial charge on any atom is 0.358 e. The zero-order valence-corrected chi connectivity index (χ0v) is 17.4. The minimum Gasteiger partial charge on any atom is -0.497 e. The molecule has 0 amide bonds. The van der Waals surface area contributed by atoms with Crippen LogP contribution >= 0.6 is 0 Å². The van der Waals surface area contributed by atoms with E-state index in [4.69, 9.17) is 9.02 Å². The van der Waals surface area contributed by atoms with Crippen LogP contribution in [0.15, 0.2) is 94.5 Å². The molecule has 7 heteroatoms. The molecule has 0 bridgehead atoms. The van der Waals surface area contributed by atoms with Crippen molar-refractivity contribution in [3.63, 3.8) is 0 Å². The number of hydrogen-bond acceptors (Lipinski definition) is 6. The van der Waals surface area contributed by atoms with Crippen LogP contribution in [0.3, 0.4) is 0 Å². The molecule has 2 aromatic rings. The molecule has 2 aromatic carbocycles. The second-order valence-corrected chi connectivity index (χ2v) is 8.19. The Kier molecular flexibility index (Phi) is 6.64. The van der Waals surface area contributed by atoms with Gasteiger partial charge >= 0.3 is 10.1 Å². The summed E-state index contributed by atoms with van der Waals surface area (Å²) in [7, 11) is -2.39. The van der Waals surface area contributed by atoms with E-state index in [-0.39, 0.29) is 17.1 Å². The van der Waals surface area contributed by atoms with Crippen molar-refractivity contribution in [3.8, 4) is 5.75 Å². The molecule has 1 aliphatic rings. The maximum atomic E-state index is 12.2. The summed E-state index contributed by atoms with van der Waals surface area (Å²) in [4.78, 5) is 12.3. The predicted octanol–water partition coefficient (Wildman–Crippen LogP) is 3.93. The van der Waals surface area contributed by atoms with Gasteiger partial charge in [0.2, 0.25) is 0 Å². The highest BCUT2D eigenvalue weighted by molar-refractivity contribution is 7.86. The minimum atomic E-state index is -3.98. The van der Waals surface area contributed by atoms with Crippen molar-refractivity contribution < 1.29 is 22.2 Å². The Morgan fingerprint density at radius 1 is 0.967 bits per heavy atom. The van der Waals surface area contributed by atoms with Gasteiger partial charge in [-0.05, 0) is 60.6 Å². The molecule has 0 spiro atoms. The molecule has 0 aromatic heterocycles. The van der Waals surface area contributed by atoms with E-state index < -0.39 is 10.1 Å².